The Morgan fingerprint density at radius 2 is 1.85 bits per heavy atom. The molecule has 172 valence electrons. The molecule has 0 saturated heterocycles. The summed E-state index contributed by atoms with van der Waals surface area (Å²) >= 11 is 0. The Kier molecular flexibility index (Phi) is 5.42. The van der Waals surface area contributed by atoms with E-state index in [4.69, 9.17) is 0 Å². The quantitative estimate of drug-likeness (QED) is 0.395. The molecule has 34 heavy (non-hydrogen) atoms. The van der Waals surface area contributed by atoms with E-state index < -0.39 is 10.0 Å². The van der Waals surface area contributed by atoms with Crippen LogP contribution in [0.4, 0.5) is 0 Å². The van der Waals surface area contributed by atoms with Gasteiger partial charge in [0.1, 0.15) is 11.4 Å². The lowest BCUT2D eigenvalue weighted by Gasteiger charge is -2.06. The Morgan fingerprint density at radius 1 is 1.03 bits per heavy atom. The number of rotatable bonds is 6. The highest BCUT2D eigenvalue weighted by Crippen LogP contribution is 2.22. The van der Waals surface area contributed by atoms with Crippen molar-refractivity contribution in [3.8, 4) is 11.1 Å². The molecule has 3 heterocycles. The minimum Gasteiger partial charge on any atom is -0.289 e. The van der Waals surface area contributed by atoms with E-state index in [-0.39, 0.29) is 17.7 Å². The molecule has 0 aliphatic rings. The van der Waals surface area contributed by atoms with Gasteiger partial charge in [0.2, 0.25) is 10.0 Å². The largest absolute Gasteiger partial charge is 0.289 e. The standard InChI is InChI=1S/C23H20N6O4S/c1-14-22(28-33-27-14)11-26-34(31,32)13-15-3-4-16-5-6-21-20(23(30)19(16)7-15)8-17(9-24-21)18-10-25-29(2)12-18/h3-10,12,26H,11,13H2,1-2H3. The lowest BCUT2D eigenvalue weighted by molar-refractivity contribution is 0.301. The molecule has 0 atom stereocenters. The highest BCUT2D eigenvalue weighted by atomic mass is 32.2. The third-order valence-electron chi connectivity index (χ3n) is 5.55. The van der Waals surface area contributed by atoms with E-state index in [0.29, 0.717) is 38.6 Å². The van der Waals surface area contributed by atoms with Gasteiger partial charge in [-0.1, -0.05) is 28.5 Å². The third kappa shape index (κ3) is 4.30. The van der Waals surface area contributed by atoms with Gasteiger partial charge >= 0.3 is 0 Å². The molecule has 0 aliphatic heterocycles. The maximum atomic E-state index is 13.5. The van der Waals surface area contributed by atoms with Crippen LogP contribution in [0.1, 0.15) is 17.0 Å². The van der Waals surface area contributed by atoms with Crippen LogP contribution in [0, 0.1) is 6.92 Å². The number of hydrogen-bond acceptors (Lipinski definition) is 8. The normalized spacial score (nSPS) is 11.9. The van der Waals surface area contributed by atoms with Gasteiger partial charge < -0.3 is 0 Å². The van der Waals surface area contributed by atoms with E-state index in [2.05, 4.69) is 29.7 Å². The van der Waals surface area contributed by atoms with Crippen molar-refractivity contribution in [2.75, 3.05) is 0 Å². The summed E-state index contributed by atoms with van der Waals surface area (Å²) in [5.41, 5.74) is 3.39. The van der Waals surface area contributed by atoms with Gasteiger partial charge in [0, 0.05) is 41.3 Å². The molecule has 5 rings (SSSR count). The van der Waals surface area contributed by atoms with Crippen LogP contribution < -0.4 is 10.2 Å². The minimum absolute atomic E-state index is 0.0273. The number of pyridine rings is 1. The first-order valence-electron chi connectivity index (χ1n) is 10.4. The summed E-state index contributed by atoms with van der Waals surface area (Å²) in [5, 5.41) is 13.1. The molecule has 3 aromatic heterocycles. The van der Waals surface area contributed by atoms with Crippen molar-refractivity contribution in [3.05, 3.63) is 82.2 Å². The molecule has 0 fully saturated rings. The summed E-state index contributed by atoms with van der Waals surface area (Å²) in [6.07, 6.45) is 5.27. The summed E-state index contributed by atoms with van der Waals surface area (Å²) in [5.74, 6) is -0.289. The molecule has 0 saturated carbocycles. The zero-order chi connectivity index (χ0) is 23.9. The van der Waals surface area contributed by atoms with Crippen molar-refractivity contribution >= 4 is 31.7 Å². The Bertz CT molecular complexity index is 1710. The van der Waals surface area contributed by atoms with Crippen molar-refractivity contribution in [3.63, 3.8) is 0 Å². The van der Waals surface area contributed by atoms with E-state index in [1.807, 2.05) is 19.3 Å². The molecule has 5 aromatic rings. The smallest absolute Gasteiger partial charge is 0.216 e. The van der Waals surface area contributed by atoms with Gasteiger partial charge in [-0.15, -0.1) is 0 Å². The first-order chi connectivity index (χ1) is 16.3. The first-order valence-corrected chi connectivity index (χ1v) is 12.0. The zero-order valence-corrected chi connectivity index (χ0v) is 19.2. The molecule has 0 amide bonds. The van der Waals surface area contributed by atoms with Gasteiger partial charge in [0.05, 0.1) is 24.0 Å². The fourth-order valence-electron chi connectivity index (χ4n) is 3.73. The summed E-state index contributed by atoms with van der Waals surface area (Å²) in [4.78, 5) is 17.9. The Hall–Kier alpha value is -3.96. The van der Waals surface area contributed by atoms with Gasteiger partial charge in [-0.25, -0.2) is 17.8 Å². The SMILES string of the molecule is Cc1nonc1CNS(=O)(=O)Cc1ccc2ccc3ncc(-c4cnn(C)c4)cc3c(=O)c2c1. The lowest BCUT2D eigenvalue weighted by atomic mass is 10.1. The molecule has 0 radical (unpaired) electrons. The number of benzene rings is 1. The Balaban J connectivity index is 1.52. The van der Waals surface area contributed by atoms with Crippen LogP contribution in [0.2, 0.25) is 0 Å². The summed E-state index contributed by atoms with van der Waals surface area (Å²) in [6.45, 7) is 1.65. The molecule has 0 unspecified atom stereocenters. The van der Waals surface area contributed by atoms with Crippen molar-refractivity contribution in [1.29, 1.82) is 0 Å². The third-order valence-corrected chi connectivity index (χ3v) is 6.84. The monoisotopic (exact) mass is 476 g/mol. The second-order valence-corrected chi connectivity index (χ2v) is 9.83. The Labute approximate surface area is 194 Å². The van der Waals surface area contributed by atoms with Crippen LogP contribution in [0.25, 0.3) is 32.8 Å². The Morgan fingerprint density at radius 3 is 2.59 bits per heavy atom. The second-order valence-electron chi connectivity index (χ2n) is 8.02. The maximum absolute atomic E-state index is 13.5. The maximum Gasteiger partial charge on any atom is 0.216 e. The lowest BCUT2D eigenvalue weighted by Crippen LogP contribution is -2.25. The molecule has 1 N–H and O–H groups in total. The van der Waals surface area contributed by atoms with Crippen LogP contribution in [0.5, 0.6) is 0 Å². The van der Waals surface area contributed by atoms with E-state index in [0.717, 1.165) is 11.1 Å². The molecule has 11 heteroatoms. The highest BCUT2D eigenvalue weighted by molar-refractivity contribution is 7.88. The number of aromatic nitrogens is 5. The van der Waals surface area contributed by atoms with Crippen LogP contribution in [0.3, 0.4) is 0 Å². The van der Waals surface area contributed by atoms with Crippen molar-refractivity contribution in [1.82, 2.24) is 29.8 Å². The van der Waals surface area contributed by atoms with Crippen LogP contribution in [-0.2, 0) is 29.4 Å². The molecule has 0 spiro atoms. The van der Waals surface area contributed by atoms with Crippen LogP contribution in [-0.4, -0.2) is 33.5 Å². The summed E-state index contributed by atoms with van der Waals surface area (Å²) in [7, 11) is -1.87. The minimum atomic E-state index is -3.69. The number of hydrogen-bond donors (Lipinski definition) is 1. The van der Waals surface area contributed by atoms with Crippen LogP contribution in [0.15, 0.2) is 64.4 Å². The molecule has 10 nitrogen and oxygen atoms in total. The fourth-order valence-corrected chi connectivity index (χ4v) is 4.80. The number of nitrogens with one attached hydrogen (secondary N) is 1. The van der Waals surface area contributed by atoms with Crippen molar-refractivity contribution in [2.24, 2.45) is 7.05 Å². The molecule has 0 aliphatic carbocycles. The average Bonchev–Trinajstić information content (AvgIpc) is 3.40. The summed E-state index contributed by atoms with van der Waals surface area (Å²) < 4.78 is 34.0. The number of fused-ring (bicyclic) bond motifs is 2. The van der Waals surface area contributed by atoms with Crippen molar-refractivity contribution < 1.29 is 13.0 Å². The first kappa shape index (κ1) is 21.9. The van der Waals surface area contributed by atoms with Gasteiger partial charge in [0.25, 0.3) is 0 Å². The van der Waals surface area contributed by atoms with Gasteiger partial charge in [-0.05, 0) is 36.1 Å². The number of sulfonamides is 1. The fraction of sp³-hybridized carbons (Fsp3) is 0.174. The molecule has 0 bridgehead atoms. The summed E-state index contributed by atoms with van der Waals surface area (Å²) in [6, 6.07) is 10.5. The molecule has 2 aromatic carbocycles. The van der Waals surface area contributed by atoms with E-state index in [1.54, 1.807) is 54.3 Å². The predicted molar refractivity (Wildman–Crippen MR) is 126 cm³/mol. The van der Waals surface area contributed by atoms with E-state index in [1.165, 1.54) is 0 Å². The van der Waals surface area contributed by atoms with E-state index in [9.17, 15) is 13.2 Å². The topological polar surface area (TPSA) is 133 Å². The molecular weight excluding hydrogens is 456 g/mol. The average molecular weight is 477 g/mol. The van der Waals surface area contributed by atoms with Gasteiger partial charge in [-0.2, -0.15) is 5.10 Å². The second kappa shape index (κ2) is 8.43. The molecular formula is C23H20N6O4S. The predicted octanol–water partition coefficient (Wildman–Crippen LogP) is 2.46. The highest BCUT2D eigenvalue weighted by Gasteiger charge is 2.15. The van der Waals surface area contributed by atoms with Crippen molar-refractivity contribution in [2.45, 2.75) is 19.2 Å². The zero-order valence-electron chi connectivity index (χ0n) is 18.4. The van der Waals surface area contributed by atoms with Crippen LogP contribution >= 0.6 is 0 Å². The number of aryl methyl sites for hydroxylation is 2. The number of nitrogens with zero attached hydrogens (tertiary/aromatic N) is 5. The van der Waals surface area contributed by atoms with E-state index >= 15 is 0 Å². The van der Waals surface area contributed by atoms with Gasteiger partial charge in [0.15, 0.2) is 5.43 Å². The van der Waals surface area contributed by atoms with Gasteiger partial charge in [-0.3, -0.25) is 14.5 Å².